The van der Waals surface area contributed by atoms with E-state index in [4.69, 9.17) is 9.47 Å². The molecule has 7 heteroatoms. The van der Waals surface area contributed by atoms with Crippen LogP contribution in [0.2, 0.25) is 0 Å². The molecule has 1 N–H and O–H groups in total. The minimum absolute atomic E-state index is 0.0546. The summed E-state index contributed by atoms with van der Waals surface area (Å²) in [4.78, 5) is 39.5. The summed E-state index contributed by atoms with van der Waals surface area (Å²) in [6.45, 7) is 7.41. The van der Waals surface area contributed by atoms with E-state index in [1.807, 2.05) is 11.9 Å². The molecule has 2 atom stereocenters. The van der Waals surface area contributed by atoms with Gasteiger partial charge in [-0.25, -0.2) is 9.59 Å². The lowest BCUT2D eigenvalue weighted by atomic mass is 9.91. The van der Waals surface area contributed by atoms with E-state index in [0.717, 1.165) is 0 Å². The quantitative estimate of drug-likeness (QED) is 0.389. The van der Waals surface area contributed by atoms with Gasteiger partial charge in [0.05, 0.1) is 0 Å². The highest BCUT2D eigenvalue weighted by Gasteiger charge is 2.38. The molecule has 1 saturated heterocycles. The number of allylic oxidation sites excluding steroid dienone is 1. The summed E-state index contributed by atoms with van der Waals surface area (Å²) in [5.74, 6) is -1.94. The molecular weight excluding hydrogens is 338 g/mol. The molecule has 2 rings (SSSR count). The van der Waals surface area contributed by atoms with Gasteiger partial charge in [-0.15, -0.1) is 0 Å². The molecule has 2 unspecified atom stereocenters. The summed E-state index contributed by atoms with van der Waals surface area (Å²) in [5, 5.41) is 10.5. The van der Waals surface area contributed by atoms with E-state index in [-0.39, 0.29) is 35.5 Å². The fraction of sp³-hybridized carbons (Fsp3) is 0.526. The number of ketones is 1. The first kappa shape index (κ1) is 20.1. The van der Waals surface area contributed by atoms with Gasteiger partial charge in [-0.3, -0.25) is 4.79 Å². The van der Waals surface area contributed by atoms with Gasteiger partial charge in [0.25, 0.3) is 0 Å². The number of nitrogens with zero attached hydrogens (tertiary/aromatic N) is 1. The first-order valence-electron chi connectivity index (χ1n) is 8.52. The van der Waals surface area contributed by atoms with E-state index in [1.54, 1.807) is 13.0 Å². The second kappa shape index (κ2) is 7.97. The maximum atomic E-state index is 12.7. The molecule has 2 bridgehead atoms. The van der Waals surface area contributed by atoms with Crippen molar-refractivity contribution in [1.29, 1.82) is 0 Å². The number of ether oxygens (including phenoxy) is 2. The fourth-order valence-electron chi connectivity index (χ4n) is 2.70. The standard InChI is InChI=1S/C19H25NO6/c1-5-13-10-12(2)19(3,24)18(23)25-11-14-6-8-20(4)9-7-15(16(14)21)26-17(13)22/h5-6,15,24H,2,7-11H2,1,3-4H3. The lowest BCUT2D eigenvalue weighted by Gasteiger charge is -2.28. The number of rotatable bonds is 0. The van der Waals surface area contributed by atoms with Crippen molar-refractivity contribution < 1.29 is 29.0 Å². The van der Waals surface area contributed by atoms with Crippen molar-refractivity contribution in [2.24, 2.45) is 0 Å². The van der Waals surface area contributed by atoms with Crippen molar-refractivity contribution in [2.75, 3.05) is 26.7 Å². The third kappa shape index (κ3) is 4.28. The number of likely N-dealkylation sites (N-methyl/N-ethyl adjacent to an activating group) is 1. The molecule has 0 aliphatic carbocycles. The molecule has 26 heavy (non-hydrogen) atoms. The molecule has 0 radical (unpaired) electrons. The highest BCUT2D eigenvalue weighted by molar-refractivity contribution is 6.02. The van der Waals surface area contributed by atoms with Gasteiger partial charge in [-0.2, -0.15) is 0 Å². The summed E-state index contributed by atoms with van der Waals surface area (Å²) >= 11 is 0. The van der Waals surface area contributed by atoms with E-state index >= 15 is 0 Å². The molecule has 7 nitrogen and oxygen atoms in total. The number of carbonyl (C=O) groups is 3. The smallest absolute Gasteiger partial charge is 0.342 e. The Morgan fingerprint density at radius 1 is 1.38 bits per heavy atom. The number of cyclic esters (lactones) is 1. The van der Waals surface area contributed by atoms with Crippen LogP contribution in [0.25, 0.3) is 0 Å². The molecular formula is C19H25NO6. The highest BCUT2D eigenvalue weighted by atomic mass is 16.6. The number of Topliss-reactive ketones (excluding diaryl/α,β-unsaturated/α-hetero) is 1. The number of carbonyl (C=O) groups excluding carboxylic acids is 3. The van der Waals surface area contributed by atoms with E-state index in [2.05, 4.69) is 6.58 Å². The molecule has 2 aliphatic heterocycles. The van der Waals surface area contributed by atoms with Gasteiger partial charge in [0, 0.05) is 37.1 Å². The monoisotopic (exact) mass is 363 g/mol. The van der Waals surface area contributed by atoms with Gasteiger partial charge >= 0.3 is 11.9 Å². The number of hydrogen-bond donors (Lipinski definition) is 1. The zero-order valence-electron chi connectivity index (χ0n) is 15.4. The summed E-state index contributed by atoms with van der Waals surface area (Å²) in [5.41, 5.74) is -1.40. The Morgan fingerprint density at radius 3 is 2.73 bits per heavy atom. The minimum atomic E-state index is -1.98. The van der Waals surface area contributed by atoms with Crippen LogP contribution in [-0.4, -0.2) is 66.2 Å². The Morgan fingerprint density at radius 2 is 2.08 bits per heavy atom. The van der Waals surface area contributed by atoms with Crippen LogP contribution >= 0.6 is 0 Å². The molecule has 2 aliphatic rings. The molecule has 142 valence electrons. The van der Waals surface area contributed by atoms with Gasteiger partial charge < -0.3 is 19.5 Å². The lowest BCUT2D eigenvalue weighted by molar-refractivity contribution is -0.160. The first-order valence-corrected chi connectivity index (χ1v) is 8.52. The topological polar surface area (TPSA) is 93.1 Å². The first-order chi connectivity index (χ1) is 12.2. The van der Waals surface area contributed by atoms with Crippen LogP contribution in [0.1, 0.15) is 26.7 Å². The molecule has 2 heterocycles. The van der Waals surface area contributed by atoms with Crippen LogP contribution in [-0.2, 0) is 23.9 Å². The van der Waals surface area contributed by atoms with Crippen LogP contribution in [0.4, 0.5) is 0 Å². The van der Waals surface area contributed by atoms with Crippen molar-refractivity contribution in [3.05, 3.63) is 35.5 Å². The summed E-state index contributed by atoms with van der Waals surface area (Å²) in [6, 6.07) is 0. The Kier molecular flexibility index (Phi) is 6.15. The van der Waals surface area contributed by atoms with Gasteiger partial charge in [-0.1, -0.05) is 18.7 Å². The van der Waals surface area contributed by atoms with Gasteiger partial charge in [-0.05, 0) is 26.5 Å². The zero-order chi connectivity index (χ0) is 19.5. The Balaban J connectivity index is 2.44. The van der Waals surface area contributed by atoms with Crippen molar-refractivity contribution in [3.8, 4) is 0 Å². The molecule has 0 aromatic heterocycles. The SMILES string of the molecule is C=C1CC(=CC)C(=O)OC2CCN(C)CC=C(COC(=O)C1(C)O)C2=O. The molecule has 0 spiro atoms. The van der Waals surface area contributed by atoms with Crippen LogP contribution in [0.15, 0.2) is 35.5 Å². The average molecular weight is 363 g/mol. The average Bonchev–Trinajstić information content (AvgIpc) is 2.59. The fourth-order valence-corrected chi connectivity index (χ4v) is 2.70. The Hall–Kier alpha value is -2.25. The van der Waals surface area contributed by atoms with Crippen LogP contribution in [0.5, 0.6) is 0 Å². The highest BCUT2D eigenvalue weighted by Crippen LogP contribution is 2.26. The minimum Gasteiger partial charge on any atom is -0.458 e. The third-order valence-corrected chi connectivity index (χ3v) is 4.74. The predicted molar refractivity (Wildman–Crippen MR) is 94.2 cm³/mol. The van der Waals surface area contributed by atoms with Crippen LogP contribution in [0, 0.1) is 0 Å². The predicted octanol–water partition coefficient (Wildman–Crippen LogP) is 0.930. The Labute approximate surface area is 152 Å². The summed E-state index contributed by atoms with van der Waals surface area (Å²) in [6.07, 6.45) is 2.53. The van der Waals surface area contributed by atoms with E-state index < -0.39 is 23.6 Å². The van der Waals surface area contributed by atoms with Gasteiger partial charge in [0.15, 0.2) is 11.7 Å². The second-order valence-electron chi connectivity index (χ2n) is 6.78. The van der Waals surface area contributed by atoms with Crippen LogP contribution < -0.4 is 0 Å². The number of fused-ring (bicyclic) bond motifs is 2. The normalized spacial score (nSPS) is 31.2. The van der Waals surface area contributed by atoms with E-state index in [9.17, 15) is 19.5 Å². The van der Waals surface area contributed by atoms with E-state index in [0.29, 0.717) is 19.5 Å². The molecule has 0 saturated carbocycles. The molecule has 0 aromatic carbocycles. The largest absolute Gasteiger partial charge is 0.458 e. The molecule has 0 amide bonds. The number of hydrogen-bond acceptors (Lipinski definition) is 7. The lowest BCUT2D eigenvalue weighted by Crippen LogP contribution is -2.42. The Bertz CT molecular complexity index is 688. The van der Waals surface area contributed by atoms with Crippen molar-refractivity contribution in [3.63, 3.8) is 0 Å². The second-order valence-corrected chi connectivity index (χ2v) is 6.78. The van der Waals surface area contributed by atoms with Gasteiger partial charge in [0.2, 0.25) is 5.78 Å². The van der Waals surface area contributed by atoms with Crippen molar-refractivity contribution in [1.82, 2.24) is 4.90 Å². The summed E-state index contributed by atoms with van der Waals surface area (Å²) in [7, 11) is 1.88. The maximum absolute atomic E-state index is 12.7. The number of aliphatic hydroxyl groups is 1. The third-order valence-electron chi connectivity index (χ3n) is 4.74. The van der Waals surface area contributed by atoms with Crippen molar-refractivity contribution in [2.45, 2.75) is 38.4 Å². The molecule has 1 fully saturated rings. The number of esters is 2. The maximum Gasteiger partial charge on any atom is 0.342 e. The van der Waals surface area contributed by atoms with Gasteiger partial charge in [0.1, 0.15) is 6.61 Å². The van der Waals surface area contributed by atoms with Crippen molar-refractivity contribution >= 4 is 17.7 Å². The molecule has 0 aromatic rings. The summed E-state index contributed by atoms with van der Waals surface area (Å²) < 4.78 is 10.6. The zero-order valence-corrected chi connectivity index (χ0v) is 15.4. The van der Waals surface area contributed by atoms with E-state index in [1.165, 1.54) is 13.0 Å². The van der Waals surface area contributed by atoms with Crippen LogP contribution in [0.3, 0.4) is 0 Å².